The van der Waals surface area contributed by atoms with Gasteiger partial charge < -0.3 is 19.5 Å². The van der Waals surface area contributed by atoms with Gasteiger partial charge in [0.2, 0.25) is 0 Å². The van der Waals surface area contributed by atoms with Crippen LogP contribution in [0.3, 0.4) is 0 Å². The van der Waals surface area contributed by atoms with Crippen LogP contribution in [-0.2, 0) is 14.3 Å². The summed E-state index contributed by atoms with van der Waals surface area (Å²) in [6, 6.07) is 22.2. The molecule has 0 aromatic heterocycles. The number of fused-ring (bicyclic) bond motifs is 1. The van der Waals surface area contributed by atoms with E-state index in [0.29, 0.717) is 16.9 Å². The first-order chi connectivity index (χ1) is 17.0. The Labute approximate surface area is 203 Å². The number of esters is 2. The first-order valence-corrected chi connectivity index (χ1v) is 11.0. The lowest BCUT2D eigenvalue weighted by molar-refractivity contribution is -0.162. The minimum Gasteiger partial charge on any atom is -0.497 e. The van der Waals surface area contributed by atoms with Gasteiger partial charge in [-0.1, -0.05) is 48.2 Å². The van der Waals surface area contributed by atoms with E-state index in [0.717, 1.165) is 0 Å². The molecule has 3 aromatic rings. The molecule has 0 aliphatic carbocycles. The van der Waals surface area contributed by atoms with E-state index in [1.54, 1.807) is 43.3 Å². The zero-order valence-electron chi connectivity index (χ0n) is 19.2. The molecule has 1 amide bonds. The highest BCUT2D eigenvalue weighted by Gasteiger charge is 2.60. The van der Waals surface area contributed by atoms with Crippen LogP contribution >= 0.6 is 0 Å². The molecular formula is C28H23NO6. The number of methoxy groups -OCH3 is 1. The van der Waals surface area contributed by atoms with Crippen molar-refractivity contribution in [1.29, 1.82) is 0 Å². The molecule has 2 atom stereocenters. The molecule has 4 rings (SSSR count). The predicted octanol–water partition coefficient (Wildman–Crippen LogP) is 3.48. The van der Waals surface area contributed by atoms with Gasteiger partial charge >= 0.3 is 11.9 Å². The average molecular weight is 469 g/mol. The number of carbonyl (C=O) groups is 3. The van der Waals surface area contributed by atoms with Crippen LogP contribution < -0.4 is 14.8 Å². The van der Waals surface area contributed by atoms with Gasteiger partial charge in [0.25, 0.3) is 11.4 Å². The molecule has 0 unspecified atom stereocenters. The van der Waals surface area contributed by atoms with E-state index >= 15 is 0 Å². The number of hydrogen-bond acceptors (Lipinski definition) is 6. The number of para-hydroxylation sites is 1. The Balaban J connectivity index is 1.85. The van der Waals surface area contributed by atoms with Crippen LogP contribution in [0.25, 0.3) is 0 Å². The van der Waals surface area contributed by atoms with Gasteiger partial charge in [0.15, 0.2) is 0 Å². The van der Waals surface area contributed by atoms with E-state index in [1.165, 1.54) is 19.2 Å². The zero-order valence-corrected chi connectivity index (χ0v) is 19.2. The molecule has 0 saturated carbocycles. The standard InChI is InChI=1S/C28H23NO6/c1-3-34-26(31)28(29-25(30)20-14-16-21(33-2)17-15-20)23(18-13-19-9-5-4-6-10-19)22-11-7-8-12-24(22)35-27(28)32/h4-12,14-17,23H,3H2,1-2H3,(H,29,30)/t23-,28-/m1/s1. The molecule has 0 fully saturated rings. The van der Waals surface area contributed by atoms with E-state index in [4.69, 9.17) is 14.2 Å². The number of hydrogen-bond donors (Lipinski definition) is 1. The SMILES string of the molecule is CCOC(=O)[C@@]1(NC(=O)c2ccc(OC)cc2)C(=O)Oc2ccccc2[C@H]1C#Cc1ccccc1. The Morgan fingerprint density at radius 3 is 2.37 bits per heavy atom. The summed E-state index contributed by atoms with van der Waals surface area (Å²) >= 11 is 0. The zero-order chi connectivity index (χ0) is 24.8. The van der Waals surface area contributed by atoms with Gasteiger partial charge in [-0.2, -0.15) is 0 Å². The Kier molecular flexibility index (Phi) is 6.83. The van der Waals surface area contributed by atoms with Gasteiger partial charge in [-0.3, -0.25) is 4.79 Å². The third-order valence-corrected chi connectivity index (χ3v) is 5.58. The fourth-order valence-electron chi connectivity index (χ4n) is 3.82. The molecule has 1 aliphatic rings. The number of ether oxygens (including phenoxy) is 3. The number of nitrogens with one attached hydrogen (secondary N) is 1. The van der Waals surface area contributed by atoms with Crippen molar-refractivity contribution in [3.63, 3.8) is 0 Å². The number of rotatable bonds is 5. The number of carbonyl (C=O) groups excluding carboxylic acids is 3. The lowest BCUT2D eigenvalue weighted by Crippen LogP contribution is -2.66. The monoisotopic (exact) mass is 469 g/mol. The molecule has 3 aromatic carbocycles. The first-order valence-electron chi connectivity index (χ1n) is 11.0. The highest BCUT2D eigenvalue weighted by Crippen LogP contribution is 2.41. The van der Waals surface area contributed by atoms with Gasteiger partial charge in [0.1, 0.15) is 11.5 Å². The summed E-state index contributed by atoms with van der Waals surface area (Å²) in [5.41, 5.74) is -0.832. The smallest absolute Gasteiger partial charge is 0.350 e. The van der Waals surface area contributed by atoms with Crippen LogP contribution in [-0.4, -0.2) is 37.1 Å². The topological polar surface area (TPSA) is 90.9 Å². The maximum absolute atomic E-state index is 13.5. The highest BCUT2D eigenvalue weighted by atomic mass is 16.6. The Bertz CT molecular complexity index is 1310. The maximum atomic E-state index is 13.5. The van der Waals surface area contributed by atoms with Crippen molar-refractivity contribution < 1.29 is 28.6 Å². The lowest BCUT2D eigenvalue weighted by Gasteiger charge is -2.38. The number of benzene rings is 3. The molecule has 0 spiro atoms. The molecule has 7 heteroatoms. The molecule has 1 aliphatic heterocycles. The molecule has 7 nitrogen and oxygen atoms in total. The van der Waals surface area contributed by atoms with Crippen molar-refractivity contribution in [2.45, 2.75) is 18.4 Å². The average Bonchev–Trinajstić information content (AvgIpc) is 2.89. The summed E-state index contributed by atoms with van der Waals surface area (Å²) in [6.07, 6.45) is 0. The van der Waals surface area contributed by atoms with Crippen LogP contribution in [0.5, 0.6) is 11.5 Å². The third-order valence-electron chi connectivity index (χ3n) is 5.58. The van der Waals surface area contributed by atoms with Crippen molar-refractivity contribution in [2.75, 3.05) is 13.7 Å². The van der Waals surface area contributed by atoms with E-state index < -0.39 is 29.3 Å². The van der Waals surface area contributed by atoms with Gasteiger partial charge in [-0.25, -0.2) is 9.59 Å². The van der Waals surface area contributed by atoms with Crippen LogP contribution in [0.4, 0.5) is 0 Å². The minimum absolute atomic E-state index is 0.00719. The van der Waals surface area contributed by atoms with Crippen LogP contribution in [0.1, 0.15) is 34.3 Å². The summed E-state index contributed by atoms with van der Waals surface area (Å²) in [5.74, 6) is 3.24. The largest absolute Gasteiger partial charge is 0.497 e. The minimum atomic E-state index is -2.22. The summed E-state index contributed by atoms with van der Waals surface area (Å²) in [5, 5.41) is 2.62. The second-order valence-electron chi connectivity index (χ2n) is 7.71. The summed E-state index contributed by atoms with van der Waals surface area (Å²) in [4.78, 5) is 40.2. The highest BCUT2D eigenvalue weighted by molar-refractivity contribution is 6.13. The van der Waals surface area contributed by atoms with Crippen LogP contribution in [0.2, 0.25) is 0 Å². The second-order valence-corrected chi connectivity index (χ2v) is 7.71. The fraction of sp³-hybridized carbons (Fsp3) is 0.179. The molecule has 0 radical (unpaired) electrons. The molecular weight excluding hydrogens is 446 g/mol. The van der Waals surface area contributed by atoms with E-state index in [1.807, 2.05) is 30.3 Å². The summed E-state index contributed by atoms with van der Waals surface area (Å²) in [6.45, 7) is 1.61. The Morgan fingerprint density at radius 2 is 1.69 bits per heavy atom. The van der Waals surface area contributed by atoms with Gasteiger partial charge in [-0.15, -0.1) is 0 Å². The quantitative estimate of drug-likeness (QED) is 0.266. The van der Waals surface area contributed by atoms with E-state index in [-0.39, 0.29) is 17.9 Å². The Morgan fingerprint density at radius 1 is 1.00 bits per heavy atom. The molecule has 1 heterocycles. The third kappa shape index (κ3) is 4.59. The number of amides is 1. The van der Waals surface area contributed by atoms with Crippen molar-refractivity contribution in [3.8, 4) is 23.3 Å². The van der Waals surface area contributed by atoms with Gasteiger partial charge in [0, 0.05) is 16.7 Å². The molecule has 0 bridgehead atoms. The van der Waals surface area contributed by atoms with Gasteiger partial charge in [-0.05, 0) is 49.4 Å². The van der Waals surface area contributed by atoms with Crippen LogP contribution in [0.15, 0.2) is 78.9 Å². The molecule has 35 heavy (non-hydrogen) atoms. The summed E-state index contributed by atoms with van der Waals surface area (Å²) in [7, 11) is 1.51. The summed E-state index contributed by atoms with van der Waals surface area (Å²) < 4.78 is 15.9. The molecule has 1 N–H and O–H groups in total. The normalized spacial score (nSPS) is 18.2. The van der Waals surface area contributed by atoms with Crippen molar-refractivity contribution in [2.24, 2.45) is 0 Å². The predicted molar refractivity (Wildman–Crippen MR) is 128 cm³/mol. The molecule has 176 valence electrons. The molecule has 0 saturated heterocycles. The van der Waals surface area contributed by atoms with Gasteiger partial charge in [0.05, 0.1) is 19.6 Å². The van der Waals surface area contributed by atoms with Crippen molar-refractivity contribution in [3.05, 3.63) is 95.6 Å². The van der Waals surface area contributed by atoms with Crippen molar-refractivity contribution >= 4 is 17.8 Å². The van der Waals surface area contributed by atoms with Crippen LogP contribution in [0, 0.1) is 11.8 Å². The maximum Gasteiger partial charge on any atom is 0.350 e. The second kappa shape index (κ2) is 10.1. The Hall–Kier alpha value is -4.57. The fourth-order valence-corrected chi connectivity index (χ4v) is 3.82. The first kappa shape index (κ1) is 23.6. The van der Waals surface area contributed by atoms with Crippen molar-refractivity contribution in [1.82, 2.24) is 5.32 Å². The van der Waals surface area contributed by atoms with E-state index in [2.05, 4.69) is 17.2 Å². The van der Waals surface area contributed by atoms with E-state index in [9.17, 15) is 14.4 Å². The lowest BCUT2D eigenvalue weighted by atomic mass is 9.76.